The largest absolute Gasteiger partial charge is 0.496 e. The minimum Gasteiger partial charge on any atom is -0.496 e. The number of carbonyl (C=O) groups excluding carboxylic acids is 2. The molecule has 0 radical (unpaired) electrons. The van der Waals surface area contributed by atoms with Gasteiger partial charge in [0.1, 0.15) is 11.6 Å². The number of ether oxygens (including phenoxy) is 1. The highest BCUT2D eigenvalue weighted by Crippen LogP contribution is 2.16. The summed E-state index contributed by atoms with van der Waals surface area (Å²) in [6.45, 7) is 0.907. The summed E-state index contributed by atoms with van der Waals surface area (Å²) >= 11 is 0. The van der Waals surface area contributed by atoms with Crippen LogP contribution >= 0.6 is 0 Å². The number of hydrogen-bond acceptors (Lipinski definition) is 3. The molecule has 6 nitrogen and oxygen atoms in total. The molecule has 2 aromatic rings. The first kappa shape index (κ1) is 19.2. The van der Waals surface area contributed by atoms with Gasteiger partial charge in [-0.25, -0.2) is 9.18 Å². The molecule has 138 valence electrons. The Balaban J connectivity index is 1.63. The van der Waals surface area contributed by atoms with E-state index >= 15 is 0 Å². The van der Waals surface area contributed by atoms with Crippen LogP contribution in [0.25, 0.3) is 0 Å². The van der Waals surface area contributed by atoms with Crippen molar-refractivity contribution in [1.82, 2.24) is 16.0 Å². The molecule has 0 aliphatic carbocycles. The number of rotatable bonds is 8. The van der Waals surface area contributed by atoms with Gasteiger partial charge in [-0.15, -0.1) is 0 Å². The topological polar surface area (TPSA) is 79.5 Å². The van der Waals surface area contributed by atoms with Gasteiger partial charge in [-0.05, 0) is 23.8 Å². The van der Waals surface area contributed by atoms with E-state index < -0.39 is 0 Å². The summed E-state index contributed by atoms with van der Waals surface area (Å²) < 4.78 is 18.3. The zero-order chi connectivity index (χ0) is 18.8. The Hall–Kier alpha value is -3.09. The first-order valence-corrected chi connectivity index (χ1v) is 8.23. The number of nitrogens with one attached hydrogen (secondary N) is 3. The number of amides is 3. The maximum Gasteiger partial charge on any atom is 0.315 e. The SMILES string of the molecule is COc1ccccc1CNC(=O)NCCNC(=O)Cc1cccc(F)c1. The molecule has 7 heteroatoms. The fourth-order valence-electron chi connectivity index (χ4n) is 2.36. The molecule has 0 aliphatic heterocycles. The van der Waals surface area contributed by atoms with Crippen molar-refractivity contribution in [1.29, 1.82) is 0 Å². The number of methoxy groups -OCH3 is 1. The third-order valence-electron chi connectivity index (χ3n) is 3.62. The van der Waals surface area contributed by atoms with Crippen molar-refractivity contribution < 1.29 is 18.7 Å². The van der Waals surface area contributed by atoms with Crippen molar-refractivity contribution in [3.63, 3.8) is 0 Å². The highest BCUT2D eigenvalue weighted by Gasteiger charge is 2.06. The van der Waals surface area contributed by atoms with Gasteiger partial charge in [0.15, 0.2) is 0 Å². The van der Waals surface area contributed by atoms with Crippen LogP contribution in [0, 0.1) is 5.82 Å². The predicted octanol–water partition coefficient (Wildman–Crippen LogP) is 1.99. The number of carbonyl (C=O) groups is 2. The Morgan fingerprint density at radius 3 is 2.54 bits per heavy atom. The molecule has 26 heavy (non-hydrogen) atoms. The fraction of sp³-hybridized carbons (Fsp3) is 0.263. The average Bonchev–Trinajstić information content (AvgIpc) is 2.63. The predicted molar refractivity (Wildman–Crippen MR) is 96.3 cm³/mol. The third-order valence-corrected chi connectivity index (χ3v) is 3.62. The lowest BCUT2D eigenvalue weighted by Crippen LogP contribution is -2.40. The number of urea groups is 1. The average molecular weight is 359 g/mol. The normalized spacial score (nSPS) is 10.1. The van der Waals surface area contributed by atoms with Gasteiger partial charge in [-0.3, -0.25) is 4.79 Å². The van der Waals surface area contributed by atoms with E-state index in [9.17, 15) is 14.0 Å². The molecule has 0 heterocycles. The Labute approximate surface area is 151 Å². The maximum absolute atomic E-state index is 13.1. The zero-order valence-electron chi connectivity index (χ0n) is 14.5. The van der Waals surface area contributed by atoms with E-state index in [2.05, 4.69) is 16.0 Å². The molecule has 0 unspecified atom stereocenters. The monoisotopic (exact) mass is 359 g/mol. The van der Waals surface area contributed by atoms with Crippen molar-refractivity contribution in [3.05, 3.63) is 65.5 Å². The zero-order valence-corrected chi connectivity index (χ0v) is 14.5. The van der Waals surface area contributed by atoms with Crippen molar-refractivity contribution in [2.45, 2.75) is 13.0 Å². The van der Waals surface area contributed by atoms with Crippen molar-refractivity contribution >= 4 is 11.9 Å². The lowest BCUT2D eigenvalue weighted by molar-refractivity contribution is -0.120. The van der Waals surface area contributed by atoms with Gasteiger partial charge in [-0.1, -0.05) is 30.3 Å². The van der Waals surface area contributed by atoms with Crippen LogP contribution in [0.1, 0.15) is 11.1 Å². The van der Waals surface area contributed by atoms with Crippen LogP contribution in [0.3, 0.4) is 0 Å². The van der Waals surface area contributed by atoms with Crippen molar-refractivity contribution in [2.75, 3.05) is 20.2 Å². The number of hydrogen-bond donors (Lipinski definition) is 3. The summed E-state index contributed by atoms with van der Waals surface area (Å²) in [7, 11) is 1.57. The van der Waals surface area contributed by atoms with E-state index in [1.54, 1.807) is 19.2 Å². The molecule has 2 aromatic carbocycles. The first-order chi connectivity index (χ1) is 12.6. The van der Waals surface area contributed by atoms with Crippen molar-refractivity contribution in [3.8, 4) is 5.75 Å². The lowest BCUT2D eigenvalue weighted by Gasteiger charge is -2.11. The van der Waals surface area contributed by atoms with E-state index in [0.717, 1.165) is 5.56 Å². The smallest absolute Gasteiger partial charge is 0.315 e. The molecule has 3 amide bonds. The summed E-state index contributed by atoms with van der Waals surface area (Å²) in [6, 6.07) is 13.0. The number of benzene rings is 2. The molecule has 0 saturated carbocycles. The molecule has 0 bridgehead atoms. The Morgan fingerprint density at radius 1 is 1.00 bits per heavy atom. The minimum absolute atomic E-state index is 0.0950. The van der Waals surface area contributed by atoms with Gasteiger partial charge in [0.05, 0.1) is 13.5 Å². The van der Waals surface area contributed by atoms with E-state index in [-0.39, 0.29) is 37.3 Å². The molecule has 0 saturated heterocycles. The lowest BCUT2D eigenvalue weighted by atomic mass is 10.1. The highest BCUT2D eigenvalue weighted by atomic mass is 19.1. The highest BCUT2D eigenvalue weighted by molar-refractivity contribution is 5.78. The third kappa shape index (κ3) is 6.43. The Kier molecular flexibility index (Phi) is 7.42. The quantitative estimate of drug-likeness (QED) is 0.631. The second kappa shape index (κ2) is 10.0. The standard InChI is InChI=1S/C19H22FN3O3/c1-26-17-8-3-2-6-15(17)13-23-19(25)22-10-9-21-18(24)12-14-5-4-7-16(20)11-14/h2-8,11H,9-10,12-13H2,1H3,(H,21,24)(H2,22,23,25). The van der Waals surface area contributed by atoms with Crippen LogP contribution in [0.5, 0.6) is 5.75 Å². The fourth-order valence-corrected chi connectivity index (χ4v) is 2.36. The molecule has 3 N–H and O–H groups in total. The van der Waals surface area contributed by atoms with Crippen LogP contribution in [0.15, 0.2) is 48.5 Å². The van der Waals surface area contributed by atoms with Crippen LogP contribution < -0.4 is 20.7 Å². The van der Waals surface area contributed by atoms with E-state index in [1.165, 1.54) is 12.1 Å². The molecule has 0 aromatic heterocycles. The van der Waals surface area contributed by atoms with E-state index in [0.29, 0.717) is 17.9 Å². The van der Waals surface area contributed by atoms with Crippen LogP contribution in [-0.4, -0.2) is 32.1 Å². The van der Waals surface area contributed by atoms with Gasteiger partial charge < -0.3 is 20.7 Å². The van der Waals surface area contributed by atoms with Crippen molar-refractivity contribution in [2.24, 2.45) is 0 Å². The molecule has 0 fully saturated rings. The second-order valence-corrected chi connectivity index (χ2v) is 5.58. The minimum atomic E-state index is -0.372. The summed E-state index contributed by atoms with van der Waals surface area (Å²) in [5.74, 6) is 0.105. The van der Waals surface area contributed by atoms with Crippen LogP contribution in [-0.2, 0) is 17.8 Å². The number of para-hydroxylation sites is 1. The van der Waals surface area contributed by atoms with Gasteiger partial charge in [-0.2, -0.15) is 0 Å². The van der Waals surface area contributed by atoms with E-state index in [1.807, 2.05) is 24.3 Å². The van der Waals surface area contributed by atoms with Gasteiger partial charge in [0, 0.05) is 25.2 Å². The summed E-state index contributed by atoms with van der Waals surface area (Å²) in [5.41, 5.74) is 1.47. The molecule has 2 rings (SSSR count). The first-order valence-electron chi connectivity index (χ1n) is 8.23. The summed E-state index contributed by atoms with van der Waals surface area (Å²) in [6.07, 6.45) is 0.0950. The molecule has 0 aliphatic rings. The van der Waals surface area contributed by atoms with Gasteiger partial charge in [0.25, 0.3) is 0 Å². The summed E-state index contributed by atoms with van der Waals surface area (Å²) in [5, 5.41) is 8.05. The number of halogens is 1. The molecule has 0 atom stereocenters. The Bertz CT molecular complexity index is 752. The molecular formula is C19H22FN3O3. The second-order valence-electron chi connectivity index (χ2n) is 5.58. The molecular weight excluding hydrogens is 337 g/mol. The van der Waals surface area contributed by atoms with Crippen LogP contribution in [0.2, 0.25) is 0 Å². The van der Waals surface area contributed by atoms with Gasteiger partial charge in [0.2, 0.25) is 5.91 Å². The summed E-state index contributed by atoms with van der Waals surface area (Å²) in [4.78, 5) is 23.5. The maximum atomic E-state index is 13.1. The van der Waals surface area contributed by atoms with Crippen LogP contribution in [0.4, 0.5) is 9.18 Å². The molecule has 0 spiro atoms. The van der Waals surface area contributed by atoms with Gasteiger partial charge >= 0.3 is 6.03 Å². The van der Waals surface area contributed by atoms with E-state index in [4.69, 9.17) is 4.74 Å². The Morgan fingerprint density at radius 2 is 1.77 bits per heavy atom.